The van der Waals surface area contributed by atoms with Gasteiger partial charge in [0.25, 0.3) is 0 Å². The van der Waals surface area contributed by atoms with Crippen molar-refractivity contribution in [1.82, 2.24) is 0 Å². The van der Waals surface area contributed by atoms with Gasteiger partial charge in [-0.25, -0.2) is 4.39 Å². The van der Waals surface area contributed by atoms with Gasteiger partial charge in [-0.3, -0.25) is 0 Å². The Morgan fingerprint density at radius 1 is 1.00 bits per heavy atom. The fourth-order valence-electron chi connectivity index (χ4n) is 1.53. The van der Waals surface area contributed by atoms with Crippen molar-refractivity contribution in [2.24, 2.45) is 0 Å². The van der Waals surface area contributed by atoms with Gasteiger partial charge in [0.15, 0.2) is 5.82 Å². The van der Waals surface area contributed by atoms with Crippen LogP contribution < -0.4 is 0 Å². The van der Waals surface area contributed by atoms with Gasteiger partial charge in [-0.2, -0.15) is 10.5 Å². The Bertz CT molecular complexity index is 529. The highest BCUT2D eigenvalue weighted by atomic mass is 35.5. The third kappa shape index (κ3) is 3.61. The molecule has 106 valence electrons. The van der Waals surface area contributed by atoms with Crippen LogP contribution in [0.15, 0.2) is 9.79 Å². The Kier molecular flexibility index (Phi) is 7.23. The van der Waals surface area contributed by atoms with Crippen LogP contribution in [-0.4, -0.2) is 11.5 Å². The fraction of sp³-hybridized carbons (Fsp3) is 0.429. The van der Waals surface area contributed by atoms with Crippen LogP contribution in [0.5, 0.6) is 0 Å². The Morgan fingerprint density at radius 3 is 1.70 bits per heavy atom. The topological polar surface area (TPSA) is 47.6 Å². The van der Waals surface area contributed by atoms with E-state index in [1.54, 1.807) is 0 Å². The zero-order valence-corrected chi connectivity index (χ0v) is 13.7. The van der Waals surface area contributed by atoms with Crippen molar-refractivity contribution in [3.8, 4) is 12.1 Å². The summed E-state index contributed by atoms with van der Waals surface area (Å²) in [6.45, 7) is 4.00. The standard InChI is InChI=1S/C14H14ClFN2S2/c1-3-5-19-13-9(7-17)12(16)10(8-18)14(11(13)15)20-6-4-2/h3-6H2,1-2H3. The highest BCUT2D eigenvalue weighted by Crippen LogP contribution is 2.42. The van der Waals surface area contributed by atoms with Crippen LogP contribution in [0.3, 0.4) is 0 Å². The van der Waals surface area contributed by atoms with Crippen LogP contribution in [-0.2, 0) is 0 Å². The fourth-order valence-corrected chi connectivity index (χ4v) is 3.94. The predicted octanol–water partition coefficient (Wildman–Crippen LogP) is 5.23. The van der Waals surface area contributed by atoms with Crippen molar-refractivity contribution < 1.29 is 4.39 Å². The zero-order valence-electron chi connectivity index (χ0n) is 11.3. The van der Waals surface area contributed by atoms with Crippen molar-refractivity contribution in [2.45, 2.75) is 36.5 Å². The molecule has 0 aromatic heterocycles. The number of thioether (sulfide) groups is 2. The number of nitrogens with zero attached hydrogens (tertiary/aromatic N) is 2. The zero-order chi connectivity index (χ0) is 15.1. The molecular formula is C14H14ClFN2S2. The van der Waals surface area contributed by atoms with Crippen LogP contribution in [0.25, 0.3) is 0 Å². The van der Waals surface area contributed by atoms with Gasteiger partial charge < -0.3 is 0 Å². The predicted molar refractivity (Wildman–Crippen MR) is 82.9 cm³/mol. The maximum atomic E-state index is 14.3. The average Bonchev–Trinajstić information content (AvgIpc) is 2.45. The SMILES string of the molecule is CCCSc1c(Cl)c(SCCC)c(C#N)c(F)c1C#N. The first-order chi connectivity index (χ1) is 9.62. The third-order valence-corrected chi connectivity index (χ3v) is 5.64. The van der Waals surface area contributed by atoms with Gasteiger partial charge in [0.2, 0.25) is 0 Å². The molecule has 2 nitrogen and oxygen atoms in total. The molecule has 0 aliphatic heterocycles. The monoisotopic (exact) mass is 328 g/mol. The van der Waals surface area contributed by atoms with Gasteiger partial charge in [-0.15, -0.1) is 23.5 Å². The van der Waals surface area contributed by atoms with E-state index in [1.165, 1.54) is 23.5 Å². The number of nitriles is 2. The molecule has 0 atom stereocenters. The summed E-state index contributed by atoms with van der Waals surface area (Å²) in [5.74, 6) is 0.742. The molecule has 0 heterocycles. The first-order valence-corrected chi connectivity index (χ1v) is 8.57. The van der Waals surface area contributed by atoms with Crippen LogP contribution in [0.1, 0.15) is 37.8 Å². The van der Waals surface area contributed by atoms with Crippen LogP contribution in [0, 0.1) is 28.5 Å². The van der Waals surface area contributed by atoms with Crippen LogP contribution in [0.2, 0.25) is 5.02 Å². The Morgan fingerprint density at radius 2 is 1.40 bits per heavy atom. The van der Waals surface area contributed by atoms with Crippen molar-refractivity contribution in [3.05, 3.63) is 22.0 Å². The molecule has 0 spiro atoms. The Hall–Kier alpha value is -0.880. The van der Waals surface area contributed by atoms with E-state index in [2.05, 4.69) is 0 Å². The molecule has 0 N–H and O–H groups in total. The van der Waals surface area contributed by atoms with E-state index in [0.29, 0.717) is 14.8 Å². The van der Waals surface area contributed by atoms with E-state index in [-0.39, 0.29) is 11.1 Å². The lowest BCUT2D eigenvalue weighted by molar-refractivity contribution is 0.611. The van der Waals surface area contributed by atoms with E-state index in [9.17, 15) is 4.39 Å². The maximum absolute atomic E-state index is 14.3. The summed E-state index contributed by atoms with van der Waals surface area (Å²) in [6, 6.07) is 3.66. The Labute approximate surface area is 132 Å². The number of hydrogen-bond acceptors (Lipinski definition) is 4. The lowest BCUT2D eigenvalue weighted by atomic mass is 10.1. The molecule has 1 rings (SSSR count). The van der Waals surface area contributed by atoms with E-state index < -0.39 is 5.82 Å². The molecule has 0 radical (unpaired) electrons. The van der Waals surface area contributed by atoms with Gasteiger partial charge in [-0.1, -0.05) is 25.4 Å². The molecule has 1 aromatic rings. The van der Waals surface area contributed by atoms with Crippen molar-refractivity contribution in [3.63, 3.8) is 0 Å². The van der Waals surface area contributed by atoms with Gasteiger partial charge >= 0.3 is 0 Å². The van der Waals surface area contributed by atoms with E-state index in [4.69, 9.17) is 22.1 Å². The molecule has 0 fully saturated rings. The summed E-state index contributed by atoms with van der Waals surface area (Å²) >= 11 is 9.03. The molecule has 1 aromatic carbocycles. The van der Waals surface area contributed by atoms with E-state index in [0.717, 1.165) is 24.3 Å². The van der Waals surface area contributed by atoms with Crippen LogP contribution in [0.4, 0.5) is 4.39 Å². The van der Waals surface area contributed by atoms with Gasteiger partial charge in [0, 0.05) is 9.79 Å². The molecule has 0 aliphatic rings. The molecule has 0 aliphatic carbocycles. The Balaban J connectivity index is 3.48. The second-order valence-corrected chi connectivity index (χ2v) is 6.55. The molecular weight excluding hydrogens is 315 g/mol. The largest absolute Gasteiger partial charge is 0.204 e. The normalized spacial score (nSPS) is 10.1. The first-order valence-electron chi connectivity index (χ1n) is 6.22. The first kappa shape index (κ1) is 17.2. The number of benzene rings is 1. The molecule has 6 heteroatoms. The van der Waals surface area contributed by atoms with Gasteiger partial charge in [0.1, 0.15) is 23.3 Å². The summed E-state index contributed by atoms with van der Waals surface area (Å²) in [7, 11) is 0. The van der Waals surface area contributed by atoms with Gasteiger partial charge in [0.05, 0.1) is 5.02 Å². The minimum atomic E-state index is -0.753. The molecule has 20 heavy (non-hydrogen) atoms. The smallest absolute Gasteiger partial charge is 0.161 e. The summed E-state index contributed by atoms with van der Waals surface area (Å²) in [5, 5.41) is 18.6. The number of hydrogen-bond donors (Lipinski definition) is 0. The minimum absolute atomic E-state index is 0.120. The maximum Gasteiger partial charge on any atom is 0.161 e. The number of rotatable bonds is 6. The molecule has 0 bridgehead atoms. The number of halogens is 2. The van der Waals surface area contributed by atoms with Crippen LogP contribution >= 0.6 is 35.1 Å². The van der Waals surface area contributed by atoms with E-state index >= 15 is 0 Å². The summed E-state index contributed by atoms with van der Waals surface area (Å²) in [5.41, 5.74) is -0.239. The summed E-state index contributed by atoms with van der Waals surface area (Å²) in [6.07, 6.45) is 1.79. The second-order valence-electron chi connectivity index (χ2n) is 3.96. The minimum Gasteiger partial charge on any atom is -0.204 e. The van der Waals surface area contributed by atoms with Gasteiger partial charge in [-0.05, 0) is 24.3 Å². The summed E-state index contributed by atoms with van der Waals surface area (Å²) < 4.78 is 14.3. The van der Waals surface area contributed by atoms with E-state index in [1.807, 2.05) is 26.0 Å². The molecule has 0 saturated carbocycles. The highest BCUT2D eigenvalue weighted by Gasteiger charge is 2.23. The van der Waals surface area contributed by atoms with Crippen molar-refractivity contribution in [1.29, 1.82) is 10.5 Å². The summed E-state index contributed by atoms with van der Waals surface area (Å²) in [4.78, 5) is 0.900. The lowest BCUT2D eigenvalue weighted by Gasteiger charge is -2.13. The van der Waals surface area contributed by atoms with Crippen molar-refractivity contribution in [2.75, 3.05) is 11.5 Å². The molecule has 0 unspecified atom stereocenters. The molecule has 0 saturated heterocycles. The molecule has 0 amide bonds. The second kappa shape index (κ2) is 8.42. The third-order valence-electron chi connectivity index (χ3n) is 2.42. The lowest BCUT2D eigenvalue weighted by Crippen LogP contribution is -1.99. The van der Waals surface area contributed by atoms with Crippen molar-refractivity contribution >= 4 is 35.1 Å². The highest BCUT2D eigenvalue weighted by molar-refractivity contribution is 8.00. The quantitative estimate of drug-likeness (QED) is 0.671. The average molecular weight is 329 g/mol.